The fraction of sp³-hybridized carbons (Fsp3) is 0. The zero-order chi connectivity index (χ0) is 15.6. The molecule has 0 aliphatic heterocycles. The maximum Gasteiger partial charge on any atom is 0.288 e. The molecule has 0 saturated heterocycles. The molecule has 0 aromatic heterocycles. The molecule has 108 valence electrons. The van der Waals surface area contributed by atoms with Gasteiger partial charge in [0.05, 0.1) is 16.2 Å². The fourth-order valence-corrected chi connectivity index (χ4v) is 2.68. The number of rotatable bonds is 3. The highest BCUT2D eigenvalue weighted by atomic mass is 79.9. The third kappa shape index (κ3) is 3.53. The van der Waals surface area contributed by atoms with E-state index in [1.807, 2.05) is 0 Å². The summed E-state index contributed by atoms with van der Waals surface area (Å²) in [6.45, 7) is 0. The molecule has 0 aliphatic carbocycles. The van der Waals surface area contributed by atoms with Crippen molar-refractivity contribution in [2.45, 2.75) is 0 Å². The lowest BCUT2D eigenvalue weighted by Gasteiger charge is -2.09. The molecule has 0 heterocycles. The third-order valence-corrected chi connectivity index (χ3v) is 3.89. The molecule has 0 radical (unpaired) electrons. The number of amides is 1. The number of nitrogens with one attached hydrogen (secondary N) is 1. The predicted molar refractivity (Wildman–Crippen MR) is 85.2 cm³/mol. The smallest absolute Gasteiger partial charge is 0.288 e. The second kappa shape index (κ2) is 6.43. The Bertz CT molecular complexity index is 737. The molecule has 0 saturated carbocycles. The summed E-state index contributed by atoms with van der Waals surface area (Å²) in [7, 11) is 0. The van der Waals surface area contributed by atoms with E-state index in [4.69, 9.17) is 23.2 Å². The first-order chi connectivity index (χ1) is 9.90. The van der Waals surface area contributed by atoms with Crippen LogP contribution >= 0.6 is 39.1 Å². The molecular weight excluding hydrogens is 383 g/mol. The summed E-state index contributed by atoms with van der Waals surface area (Å²) in [6, 6.07) is 8.88. The molecule has 8 heteroatoms. The Hall–Kier alpha value is -1.63. The molecule has 0 aliphatic rings. The molecule has 0 fully saturated rings. The summed E-state index contributed by atoms with van der Waals surface area (Å²) in [6.07, 6.45) is 0. The van der Waals surface area contributed by atoms with Crippen LogP contribution in [0.15, 0.2) is 40.9 Å². The molecule has 0 spiro atoms. The quantitative estimate of drug-likeness (QED) is 0.598. The SMILES string of the molecule is O=C(Nc1ccc(Cl)cc1Br)c1cccc([N+](=O)[O-])c1Cl. The minimum Gasteiger partial charge on any atom is -0.321 e. The van der Waals surface area contributed by atoms with Crippen molar-refractivity contribution in [1.82, 2.24) is 0 Å². The van der Waals surface area contributed by atoms with Crippen LogP contribution in [-0.2, 0) is 0 Å². The van der Waals surface area contributed by atoms with Crippen molar-refractivity contribution in [3.8, 4) is 0 Å². The average Bonchev–Trinajstić information content (AvgIpc) is 2.41. The molecule has 2 aromatic carbocycles. The zero-order valence-corrected chi connectivity index (χ0v) is 13.4. The van der Waals surface area contributed by atoms with Gasteiger partial charge in [0.2, 0.25) is 0 Å². The molecule has 0 bridgehead atoms. The first-order valence-corrected chi connectivity index (χ1v) is 7.14. The number of hydrogen-bond acceptors (Lipinski definition) is 3. The molecule has 0 atom stereocenters. The van der Waals surface area contributed by atoms with Crippen molar-refractivity contribution in [2.75, 3.05) is 5.32 Å². The monoisotopic (exact) mass is 388 g/mol. The molecule has 2 rings (SSSR count). The van der Waals surface area contributed by atoms with Crippen LogP contribution in [-0.4, -0.2) is 10.8 Å². The molecule has 1 N–H and O–H groups in total. The Kier molecular flexibility index (Phi) is 4.82. The van der Waals surface area contributed by atoms with Gasteiger partial charge in [0, 0.05) is 15.6 Å². The topological polar surface area (TPSA) is 72.2 Å². The number of halogens is 3. The second-order valence-electron chi connectivity index (χ2n) is 3.97. The van der Waals surface area contributed by atoms with E-state index in [9.17, 15) is 14.9 Å². The van der Waals surface area contributed by atoms with Crippen molar-refractivity contribution in [3.63, 3.8) is 0 Å². The molecular formula is C13H7BrCl2N2O3. The average molecular weight is 390 g/mol. The number of nitro groups is 1. The van der Waals surface area contributed by atoms with Crippen LogP contribution in [0, 0.1) is 10.1 Å². The lowest BCUT2D eigenvalue weighted by molar-refractivity contribution is -0.384. The maximum absolute atomic E-state index is 12.2. The van der Waals surface area contributed by atoms with Crippen molar-refractivity contribution in [3.05, 3.63) is 66.6 Å². The van der Waals surface area contributed by atoms with E-state index >= 15 is 0 Å². The number of hydrogen-bond donors (Lipinski definition) is 1. The number of anilines is 1. The van der Waals surface area contributed by atoms with Crippen LogP contribution < -0.4 is 5.32 Å². The van der Waals surface area contributed by atoms with Crippen LogP contribution in [0.25, 0.3) is 0 Å². The number of carbonyl (C=O) groups is 1. The van der Waals surface area contributed by atoms with Crippen molar-refractivity contribution in [2.24, 2.45) is 0 Å². The van der Waals surface area contributed by atoms with Gasteiger partial charge >= 0.3 is 0 Å². The summed E-state index contributed by atoms with van der Waals surface area (Å²) in [5.74, 6) is -0.549. The first-order valence-electron chi connectivity index (χ1n) is 5.59. The Morgan fingerprint density at radius 2 is 1.95 bits per heavy atom. The van der Waals surface area contributed by atoms with Gasteiger partial charge in [-0.1, -0.05) is 29.3 Å². The Balaban J connectivity index is 2.33. The first kappa shape index (κ1) is 15.8. The third-order valence-electron chi connectivity index (χ3n) is 2.60. The lowest BCUT2D eigenvalue weighted by atomic mass is 10.2. The highest BCUT2D eigenvalue weighted by molar-refractivity contribution is 9.10. The lowest BCUT2D eigenvalue weighted by Crippen LogP contribution is -2.13. The minimum absolute atomic E-state index is 0.0210. The van der Waals surface area contributed by atoms with Crippen molar-refractivity contribution in [1.29, 1.82) is 0 Å². The van der Waals surface area contributed by atoms with Gasteiger partial charge in [-0.05, 0) is 40.2 Å². The second-order valence-corrected chi connectivity index (χ2v) is 5.64. The Morgan fingerprint density at radius 3 is 2.57 bits per heavy atom. The van der Waals surface area contributed by atoms with Gasteiger partial charge in [0.25, 0.3) is 11.6 Å². The summed E-state index contributed by atoms with van der Waals surface area (Å²) < 4.78 is 0.588. The maximum atomic E-state index is 12.2. The number of carbonyl (C=O) groups excluding carboxylic acids is 1. The highest BCUT2D eigenvalue weighted by Gasteiger charge is 2.20. The van der Waals surface area contributed by atoms with Gasteiger partial charge in [-0.3, -0.25) is 14.9 Å². The van der Waals surface area contributed by atoms with E-state index in [-0.39, 0.29) is 16.3 Å². The summed E-state index contributed by atoms with van der Waals surface area (Å²) in [5, 5.41) is 13.7. The normalized spacial score (nSPS) is 10.2. The molecule has 2 aromatic rings. The number of benzene rings is 2. The largest absolute Gasteiger partial charge is 0.321 e. The van der Waals surface area contributed by atoms with Crippen LogP contribution in [0.4, 0.5) is 11.4 Å². The van der Waals surface area contributed by atoms with Crippen LogP contribution in [0.3, 0.4) is 0 Å². The molecule has 1 amide bonds. The van der Waals surface area contributed by atoms with E-state index in [1.54, 1.807) is 18.2 Å². The summed E-state index contributed by atoms with van der Waals surface area (Å²) >= 11 is 15.0. The van der Waals surface area contributed by atoms with Gasteiger partial charge in [0.1, 0.15) is 5.02 Å². The van der Waals surface area contributed by atoms with Crippen LogP contribution in [0.2, 0.25) is 10.0 Å². The van der Waals surface area contributed by atoms with Gasteiger partial charge in [0.15, 0.2) is 0 Å². The fourth-order valence-electron chi connectivity index (χ4n) is 1.62. The molecule has 21 heavy (non-hydrogen) atoms. The van der Waals surface area contributed by atoms with E-state index in [0.29, 0.717) is 15.2 Å². The van der Waals surface area contributed by atoms with E-state index < -0.39 is 10.8 Å². The van der Waals surface area contributed by atoms with Crippen molar-refractivity contribution >= 4 is 56.4 Å². The van der Waals surface area contributed by atoms with E-state index in [1.165, 1.54) is 18.2 Å². The van der Waals surface area contributed by atoms with Crippen LogP contribution in [0.5, 0.6) is 0 Å². The zero-order valence-electron chi connectivity index (χ0n) is 10.3. The highest BCUT2D eigenvalue weighted by Crippen LogP contribution is 2.30. The molecule has 0 unspecified atom stereocenters. The van der Waals surface area contributed by atoms with Gasteiger partial charge in [-0.15, -0.1) is 0 Å². The van der Waals surface area contributed by atoms with Crippen molar-refractivity contribution < 1.29 is 9.72 Å². The predicted octanol–water partition coefficient (Wildman–Crippen LogP) is 4.92. The van der Waals surface area contributed by atoms with Gasteiger partial charge in [-0.25, -0.2) is 0 Å². The standard InChI is InChI=1S/C13H7BrCl2N2O3/c14-9-6-7(15)4-5-10(9)17-13(19)8-2-1-3-11(12(8)16)18(20)21/h1-6H,(H,17,19). The van der Waals surface area contributed by atoms with Gasteiger partial charge in [-0.2, -0.15) is 0 Å². The Morgan fingerprint density at radius 1 is 1.24 bits per heavy atom. The summed E-state index contributed by atoms with van der Waals surface area (Å²) in [4.78, 5) is 22.3. The van der Waals surface area contributed by atoms with E-state index in [2.05, 4.69) is 21.2 Å². The van der Waals surface area contributed by atoms with E-state index in [0.717, 1.165) is 0 Å². The summed E-state index contributed by atoms with van der Waals surface area (Å²) in [5.41, 5.74) is 0.180. The molecule has 5 nitrogen and oxygen atoms in total. The number of nitrogens with zero attached hydrogens (tertiary/aromatic N) is 1. The van der Waals surface area contributed by atoms with Crippen LogP contribution in [0.1, 0.15) is 10.4 Å². The Labute approximate surface area is 138 Å². The number of nitro benzene ring substituents is 1. The van der Waals surface area contributed by atoms with Gasteiger partial charge < -0.3 is 5.32 Å². The minimum atomic E-state index is -0.642.